The highest BCUT2D eigenvalue weighted by molar-refractivity contribution is 5.76. The van der Waals surface area contributed by atoms with Crippen molar-refractivity contribution in [2.45, 2.75) is 45.2 Å². The molecule has 0 bridgehead atoms. The third-order valence-electron chi connectivity index (χ3n) is 5.40. The lowest BCUT2D eigenvalue weighted by atomic mass is 9.92. The van der Waals surface area contributed by atoms with Crippen LogP contribution in [0.15, 0.2) is 18.2 Å². The van der Waals surface area contributed by atoms with Crippen molar-refractivity contribution >= 4 is 5.91 Å². The molecule has 0 unspecified atom stereocenters. The number of primary amides is 1. The fraction of sp³-hybridized carbons (Fsp3) is 0.600. The molecule has 2 N–H and O–H groups in total. The van der Waals surface area contributed by atoms with Gasteiger partial charge in [-0.25, -0.2) is 4.68 Å². The van der Waals surface area contributed by atoms with Gasteiger partial charge in [-0.1, -0.05) is 12.1 Å². The fourth-order valence-corrected chi connectivity index (χ4v) is 3.91. The van der Waals surface area contributed by atoms with Crippen molar-refractivity contribution in [1.82, 2.24) is 25.1 Å². The lowest BCUT2D eigenvalue weighted by Gasteiger charge is -2.37. The Labute approximate surface area is 171 Å². The van der Waals surface area contributed by atoms with Gasteiger partial charge in [0.15, 0.2) is 17.3 Å². The Bertz CT molecular complexity index is 852. The summed E-state index contributed by atoms with van der Waals surface area (Å²) in [6.45, 7) is 7.59. The van der Waals surface area contributed by atoms with Gasteiger partial charge in [0.2, 0.25) is 5.91 Å². The number of para-hydroxylation sites is 1. The van der Waals surface area contributed by atoms with Crippen LogP contribution in [0.3, 0.4) is 0 Å². The van der Waals surface area contributed by atoms with Crippen LogP contribution in [0.4, 0.5) is 0 Å². The Hall–Kier alpha value is -2.68. The van der Waals surface area contributed by atoms with E-state index in [1.54, 1.807) is 14.2 Å². The molecule has 0 saturated carbocycles. The summed E-state index contributed by atoms with van der Waals surface area (Å²) in [7, 11) is 3.25. The van der Waals surface area contributed by atoms with E-state index in [-0.39, 0.29) is 23.4 Å². The van der Waals surface area contributed by atoms with Crippen LogP contribution < -0.4 is 15.2 Å². The number of hydrogen-bond donors (Lipinski definition) is 1. The fourth-order valence-electron chi connectivity index (χ4n) is 3.91. The molecule has 0 spiro atoms. The van der Waals surface area contributed by atoms with Gasteiger partial charge in [-0.2, -0.15) is 0 Å². The van der Waals surface area contributed by atoms with Crippen molar-refractivity contribution in [3.05, 3.63) is 29.6 Å². The minimum atomic E-state index is -0.297. The summed E-state index contributed by atoms with van der Waals surface area (Å²) < 4.78 is 13.1. The summed E-state index contributed by atoms with van der Waals surface area (Å²) >= 11 is 0. The molecule has 1 aliphatic rings. The Kier molecular flexibility index (Phi) is 6.07. The molecule has 1 fully saturated rings. The molecule has 1 saturated heterocycles. The first kappa shape index (κ1) is 21.0. The number of nitrogens with zero attached hydrogens (tertiary/aromatic N) is 5. The third kappa shape index (κ3) is 4.19. The van der Waals surface area contributed by atoms with Crippen LogP contribution in [0.1, 0.15) is 51.0 Å². The van der Waals surface area contributed by atoms with Crippen LogP contribution in [-0.4, -0.2) is 58.3 Å². The van der Waals surface area contributed by atoms with Crippen LogP contribution in [-0.2, 0) is 10.3 Å². The van der Waals surface area contributed by atoms with E-state index in [9.17, 15) is 4.79 Å². The highest BCUT2D eigenvalue weighted by atomic mass is 16.5. The largest absolute Gasteiger partial charge is 0.493 e. The van der Waals surface area contributed by atoms with Gasteiger partial charge in [0.25, 0.3) is 0 Å². The summed E-state index contributed by atoms with van der Waals surface area (Å²) in [5.74, 6) is 1.69. The molecule has 1 aromatic carbocycles. The summed E-state index contributed by atoms with van der Waals surface area (Å²) in [5.41, 5.74) is 6.15. The van der Waals surface area contributed by atoms with Crippen molar-refractivity contribution in [2.75, 3.05) is 27.3 Å². The van der Waals surface area contributed by atoms with Gasteiger partial charge in [0.1, 0.15) is 6.04 Å². The quantitative estimate of drug-likeness (QED) is 0.784. The minimum absolute atomic E-state index is 0.0993. The van der Waals surface area contributed by atoms with Crippen LogP contribution in [0.25, 0.3) is 0 Å². The van der Waals surface area contributed by atoms with Crippen molar-refractivity contribution in [3.8, 4) is 11.5 Å². The molecule has 2 heterocycles. The topological polar surface area (TPSA) is 108 Å². The summed E-state index contributed by atoms with van der Waals surface area (Å²) in [6, 6.07) is 5.56. The smallest absolute Gasteiger partial charge is 0.220 e. The summed E-state index contributed by atoms with van der Waals surface area (Å²) in [5, 5.41) is 12.6. The van der Waals surface area contributed by atoms with E-state index in [0.29, 0.717) is 37.4 Å². The number of nitrogens with two attached hydrogens (primary N) is 1. The lowest BCUT2D eigenvalue weighted by molar-refractivity contribution is -0.123. The zero-order valence-electron chi connectivity index (χ0n) is 17.8. The highest BCUT2D eigenvalue weighted by Crippen LogP contribution is 2.41. The Morgan fingerprint density at radius 2 is 1.90 bits per heavy atom. The number of hydrogen-bond acceptors (Lipinski definition) is 7. The average Bonchev–Trinajstić information content (AvgIpc) is 3.18. The number of piperidine rings is 1. The van der Waals surface area contributed by atoms with Crippen molar-refractivity contribution in [1.29, 1.82) is 0 Å². The van der Waals surface area contributed by atoms with Crippen molar-refractivity contribution < 1.29 is 14.3 Å². The zero-order chi connectivity index (χ0) is 21.2. The maximum Gasteiger partial charge on any atom is 0.220 e. The number of rotatable bonds is 6. The SMILES string of the molecule is COc1cccc([C@@H](c2nnnn2C(C)(C)C)N2CCC(C(N)=O)CC2)c1OC. The second kappa shape index (κ2) is 8.36. The molecule has 1 aromatic heterocycles. The van der Waals surface area contributed by atoms with Crippen LogP contribution in [0, 0.1) is 5.92 Å². The van der Waals surface area contributed by atoms with E-state index in [0.717, 1.165) is 11.4 Å². The van der Waals surface area contributed by atoms with Gasteiger partial charge in [-0.05, 0) is 63.2 Å². The molecule has 3 rings (SSSR count). The molecule has 2 aromatic rings. The van der Waals surface area contributed by atoms with Gasteiger partial charge in [0.05, 0.1) is 19.8 Å². The molecular weight excluding hydrogens is 372 g/mol. The molecule has 29 heavy (non-hydrogen) atoms. The van der Waals surface area contributed by atoms with E-state index in [1.807, 2.05) is 22.9 Å². The van der Waals surface area contributed by atoms with Crippen LogP contribution in [0.5, 0.6) is 11.5 Å². The predicted molar refractivity (Wildman–Crippen MR) is 108 cm³/mol. The van der Waals surface area contributed by atoms with Gasteiger partial charge in [-0.3, -0.25) is 9.69 Å². The summed E-state index contributed by atoms with van der Waals surface area (Å²) in [6.07, 6.45) is 1.41. The molecular formula is C20H30N6O3. The first-order valence-corrected chi connectivity index (χ1v) is 9.81. The van der Waals surface area contributed by atoms with Crippen LogP contribution in [0.2, 0.25) is 0 Å². The zero-order valence-corrected chi connectivity index (χ0v) is 17.8. The Morgan fingerprint density at radius 3 is 2.45 bits per heavy atom. The number of carbonyl (C=O) groups excluding carboxylic acids is 1. The van der Waals surface area contributed by atoms with E-state index in [2.05, 4.69) is 41.2 Å². The number of carbonyl (C=O) groups is 1. The second-order valence-electron chi connectivity index (χ2n) is 8.32. The maximum absolute atomic E-state index is 11.6. The second-order valence-corrected chi connectivity index (χ2v) is 8.32. The minimum Gasteiger partial charge on any atom is -0.493 e. The lowest BCUT2D eigenvalue weighted by Crippen LogP contribution is -2.42. The van der Waals surface area contributed by atoms with E-state index < -0.39 is 0 Å². The van der Waals surface area contributed by atoms with Gasteiger partial charge in [0, 0.05) is 11.5 Å². The molecule has 9 nitrogen and oxygen atoms in total. The number of methoxy groups -OCH3 is 2. The molecule has 9 heteroatoms. The number of tetrazole rings is 1. The first-order chi connectivity index (χ1) is 13.8. The Balaban J connectivity index is 2.10. The molecule has 0 radical (unpaired) electrons. The number of benzene rings is 1. The number of likely N-dealkylation sites (tertiary alicyclic amines) is 1. The van der Waals surface area contributed by atoms with Crippen molar-refractivity contribution in [3.63, 3.8) is 0 Å². The van der Waals surface area contributed by atoms with E-state index >= 15 is 0 Å². The van der Waals surface area contributed by atoms with Gasteiger partial charge in [-0.15, -0.1) is 5.10 Å². The van der Waals surface area contributed by atoms with E-state index in [1.165, 1.54) is 0 Å². The molecule has 158 valence electrons. The molecule has 1 amide bonds. The van der Waals surface area contributed by atoms with Crippen LogP contribution >= 0.6 is 0 Å². The molecule has 1 aliphatic heterocycles. The molecule has 1 atom stereocenters. The first-order valence-electron chi connectivity index (χ1n) is 9.81. The van der Waals surface area contributed by atoms with E-state index in [4.69, 9.17) is 15.2 Å². The number of amides is 1. The normalized spacial score (nSPS) is 17.1. The predicted octanol–water partition coefficient (Wildman–Crippen LogP) is 1.73. The maximum atomic E-state index is 11.6. The average molecular weight is 402 g/mol. The number of ether oxygens (including phenoxy) is 2. The van der Waals surface area contributed by atoms with Gasteiger partial charge >= 0.3 is 0 Å². The highest BCUT2D eigenvalue weighted by Gasteiger charge is 2.36. The van der Waals surface area contributed by atoms with Gasteiger partial charge < -0.3 is 15.2 Å². The Morgan fingerprint density at radius 1 is 1.21 bits per heavy atom. The van der Waals surface area contributed by atoms with Crippen molar-refractivity contribution in [2.24, 2.45) is 11.7 Å². The molecule has 0 aliphatic carbocycles. The third-order valence-corrected chi connectivity index (χ3v) is 5.40. The monoisotopic (exact) mass is 402 g/mol. The summed E-state index contributed by atoms with van der Waals surface area (Å²) in [4.78, 5) is 13.9. The standard InChI is InChI=1S/C20H30N6O3/c1-20(2,3)26-19(22-23-24-26)16(25-11-9-13(10-12-25)18(21)27)14-7-6-8-15(28-4)17(14)29-5/h6-8,13,16H,9-12H2,1-5H3,(H2,21,27)/t16-/m0/s1. The number of aromatic nitrogens is 4.